The van der Waals surface area contributed by atoms with Crippen LogP contribution in [0, 0.1) is 5.92 Å². The number of piperazine rings is 1. The lowest BCUT2D eigenvalue weighted by atomic mass is 9.95. The van der Waals surface area contributed by atoms with E-state index in [1.807, 2.05) is 41.3 Å². The number of benzene rings is 2. The molecule has 6 rings (SSSR count). The Bertz CT molecular complexity index is 1530. The fraction of sp³-hybridized carbons (Fsp3) is 0.526. The Morgan fingerprint density at radius 2 is 1.53 bits per heavy atom. The largest absolute Gasteiger partial charge is 0.444 e. The first-order valence-corrected chi connectivity index (χ1v) is 19.0. The number of nitrogens with one attached hydrogen (secondary N) is 3. The number of nitrogens with zero attached hydrogens (tertiary/aromatic N) is 4. The van der Waals surface area contributed by atoms with Crippen LogP contribution in [0.3, 0.4) is 0 Å². The molecule has 2 aliphatic heterocycles. The minimum absolute atomic E-state index is 0.00482. The molecule has 3 aliphatic rings. The minimum Gasteiger partial charge on any atom is -0.444 e. The number of hydrogen-bond acceptors (Lipinski definition) is 9. The van der Waals surface area contributed by atoms with E-state index in [9.17, 15) is 14.4 Å². The third kappa shape index (κ3) is 10.7. The predicted molar refractivity (Wildman–Crippen MR) is 196 cm³/mol. The maximum atomic E-state index is 14.5. The van der Waals surface area contributed by atoms with Gasteiger partial charge in [0.1, 0.15) is 12.1 Å². The Kier molecular flexibility index (Phi) is 12.9. The summed E-state index contributed by atoms with van der Waals surface area (Å²) >= 11 is 1.44. The normalized spacial score (nSPS) is 22.1. The number of carbonyl (C=O) groups excluding carboxylic acids is 3. The van der Waals surface area contributed by atoms with Crippen molar-refractivity contribution in [2.45, 2.75) is 56.3 Å². The van der Waals surface area contributed by atoms with Crippen molar-refractivity contribution in [3.63, 3.8) is 0 Å². The molecule has 1 aliphatic carbocycles. The molecular formula is C38H51N7O5S. The molecule has 51 heavy (non-hydrogen) atoms. The summed E-state index contributed by atoms with van der Waals surface area (Å²) < 4.78 is 11.1. The zero-order valence-corrected chi connectivity index (χ0v) is 30.3. The molecule has 1 unspecified atom stereocenters. The highest BCUT2D eigenvalue weighted by Crippen LogP contribution is 2.45. The summed E-state index contributed by atoms with van der Waals surface area (Å²) in [5.74, 6) is -0.133. The van der Waals surface area contributed by atoms with Crippen molar-refractivity contribution in [1.82, 2.24) is 35.6 Å². The third-order valence-corrected chi connectivity index (χ3v) is 11.0. The Morgan fingerprint density at radius 1 is 0.902 bits per heavy atom. The molecule has 4 atom stereocenters. The van der Waals surface area contributed by atoms with Crippen LogP contribution in [-0.4, -0.2) is 121 Å². The molecule has 0 bridgehead atoms. The number of thiazole rings is 1. The van der Waals surface area contributed by atoms with E-state index in [-0.39, 0.29) is 36.5 Å². The minimum atomic E-state index is -0.976. The van der Waals surface area contributed by atoms with Gasteiger partial charge in [0.15, 0.2) is 0 Å². The number of rotatable bonds is 15. The molecule has 2 saturated heterocycles. The molecule has 3 aromatic rings. The highest BCUT2D eigenvalue weighted by molar-refractivity contribution is 7.09. The van der Waals surface area contributed by atoms with Crippen molar-refractivity contribution in [3.05, 3.63) is 88.4 Å². The van der Waals surface area contributed by atoms with Crippen molar-refractivity contribution in [3.8, 4) is 0 Å². The first kappa shape index (κ1) is 36.7. The fourth-order valence-electron chi connectivity index (χ4n) is 7.04. The van der Waals surface area contributed by atoms with Gasteiger partial charge in [-0.2, -0.15) is 0 Å². The van der Waals surface area contributed by atoms with Gasteiger partial charge < -0.3 is 35.2 Å². The summed E-state index contributed by atoms with van der Waals surface area (Å²) in [4.78, 5) is 52.4. The molecule has 12 nitrogen and oxygen atoms in total. The molecule has 3 heterocycles. The van der Waals surface area contributed by atoms with Crippen LogP contribution < -0.4 is 16.0 Å². The molecule has 13 heteroatoms. The van der Waals surface area contributed by atoms with Crippen molar-refractivity contribution >= 4 is 29.4 Å². The first-order chi connectivity index (χ1) is 24.9. The van der Waals surface area contributed by atoms with Crippen molar-refractivity contribution in [1.29, 1.82) is 0 Å². The number of aromatic nitrogens is 1. The first-order valence-electron chi connectivity index (χ1n) is 18.1. The predicted octanol–water partition coefficient (Wildman–Crippen LogP) is 3.54. The monoisotopic (exact) mass is 717 g/mol. The molecule has 1 saturated carbocycles. The SMILES string of the molecule is CN1CCN(C(=O)NC2(C(=O)N[C@H](CC[C@H](Cc3ccccc3)NC(=O)OCc3cncs3)Cc3ccccc3)C[C@H]2CN2CCOCC2)CC1. The molecule has 0 spiro atoms. The van der Waals surface area contributed by atoms with E-state index < -0.39 is 11.6 Å². The van der Waals surface area contributed by atoms with Crippen LogP contribution in [0.4, 0.5) is 9.59 Å². The highest BCUT2D eigenvalue weighted by atomic mass is 32.1. The van der Waals surface area contributed by atoms with Gasteiger partial charge in [0, 0.05) is 70.0 Å². The number of likely N-dealkylation sites (N-methyl/N-ethyl adjacent to an activating group) is 1. The average molecular weight is 718 g/mol. The second-order valence-electron chi connectivity index (χ2n) is 14.0. The van der Waals surface area contributed by atoms with Crippen LogP contribution in [0.2, 0.25) is 0 Å². The van der Waals surface area contributed by atoms with E-state index in [1.54, 1.807) is 11.7 Å². The van der Waals surface area contributed by atoms with Crippen molar-refractivity contribution < 1.29 is 23.9 Å². The van der Waals surface area contributed by atoms with Gasteiger partial charge in [-0.15, -0.1) is 11.3 Å². The molecule has 3 fully saturated rings. The van der Waals surface area contributed by atoms with Gasteiger partial charge in [0.2, 0.25) is 5.91 Å². The molecule has 274 valence electrons. The summed E-state index contributed by atoms with van der Waals surface area (Å²) in [5.41, 5.74) is 2.94. The van der Waals surface area contributed by atoms with E-state index in [0.29, 0.717) is 58.4 Å². The van der Waals surface area contributed by atoms with Crippen molar-refractivity contribution in [2.24, 2.45) is 5.92 Å². The number of amides is 4. The van der Waals surface area contributed by atoms with Gasteiger partial charge >= 0.3 is 12.1 Å². The van der Waals surface area contributed by atoms with E-state index in [0.717, 1.165) is 48.7 Å². The second-order valence-corrected chi connectivity index (χ2v) is 15.0. The Balaban J connectivity index is 1.16. The summed E-state index contributed by atoms with van der Waals surface area (Å²) in [5, 5.41) is 9.72. The number of alkyl carbamates (subject to hydrolysis) is 1. The molecule has 0 radical (unpaired) electrons. The number of morpholine rings is 1. The quantitative estimate of drug-likeness (QED) is 0.218. The standard InChI is InChI=1S/C38H51N7O5S/c1-43-14-16-45(17-15-43)36(47)42-38(24-31(38)26-44-18-20-49-21-19-44)35(46)40-32(22-29-8-4-2-5-9-29)12-13-33(23-30-10-6-3-7-11-30)41-37(48)50-27-34-25-39-28-51-34/h2-11,25,28,31-33H,12-24,26-27H2,1H3,(H,40,46)(H,41,48)(H,42,47)/t31-,32+,33+,38?/m0/s1. The van der Waals surface area contributed by atoms with Gasteiger partial charge in [-0.1, -0.05) is 60.7 Å². The van der Waals surface area contributed by atoms with Gasteiger partial charge in [0.05, 0.1) is 23.6 Å². The Labute approximate surface area is 304 Å². The number of carbonyl (C=O) groups is 3. The van der Waals surface area contributed by atoms with E-state index >= 15 is 0 Å². The number of urea groups is 1. The third-order valence-electron chi connectivity index (χ3n) is 10.2. The molecule has 3 N–H and O–H groups in total. The lowest BCUT2D eigenvalue weighted by Gasteiger charge is -2.34. The number of hydrogen-bond donors (Lipinski definition) is 3. The fourth-order valence-corrected chi connectivity index (χ4v) is 7.54. The molecule has 1 aromatic heterocycles. The maximum absolute atomic E-state index is 14.5. The van der Waals surface area contributed by atoms with E-state index in [2.05, 4.69) is 62.0 Å². The zero-order valence-electron chi connectivity index (χ0n) is 29.5. The lowest BCUT2D eigenvalue weighted by Crippen LogP contribution is -2.59. The smallest absolute Gasteiger partial charge is 0.407 e. The number of ether oxygens (including phenoxy) is 2. The van der Waals surface area contributed by atoms with E-state index in [4.69, 9.17) is 9.47 Å². The highest BCUT2D eigenvalue weighted by Gasteiger charge is 2.62. The van der Waals surface area contributed by atoms with Crippen LogP contribution in [0.15, 0.2) is 72.4 Å². The molecule has 4 amide bonds. The average Bonchev–Trinajstić information content (AvgIpc) is 3.55. The summed E-state index contributed by atoms with van der Waals surface area (Å²) in [6, 6.07) is 19.6. The lowest BCUT2D eigenvalue weighted by molar-refractivity contribution is -0.125. The maximum Gasteiger partial charge on any atom is 0.407 e. The van der Waals surface area contributed by atoms with Gasteiger partial charge in [-0.05, 0) is 50.3 Å². The zero-order chi connectivity index (χ0) is 35.5. The van der Waals surface area contributed by atoms with Crippen LogP contribution >= 0.6 is 11.3 Å². The Hall–Kier alpha value is -4.04. The molecule has 2 aromatic carbocycles. The Morgan fingerprint density at radius 3 is 2.14 bits per heavy atom. The van der Waals surface area contributed by atoms with Crippen molar-refractivity contribution in [2.75, 3.05) is 66.1 Å². The van der Waals surface area contributed by atoms with E-state index in [1.165, 1.54) is 11.3 Å². The van der Waals surface area contributed by atoms with Crippen LogP contribution in [0.25, 0.3) is 0 Å². The molecular weight excluding hydrogens is 667 g/mol. The topological polar surface area (TPSA) is 128 Å². The van der Waals surface area contributed by atoms with Gasteiger partial charge in [-0.25, -0.2) is 9.59 Å². The summed E-state index contributed by atoms with van der Waals surface area (Å²) in [7, 11) is 2.06. The second kappa shape index (κ2) is 17.9. The summed E-state index contributed by atoms with van der Waals surface area (Å²) in [6.07, 6.45) is 4.28. The van der Waals surface area contributed by atoms with Crippen LogP contribution in [-0.2, 0) is 33.7 Å². The van der Waals surface area contributed by atoms with Gasteiger partial charge in [-0.3, -0.25) is 14.7 Å². The van der Waals surface area contributed by atoms with Gasteiger partial charge in [0.25, 0.3) is 0 Å². The van der Waals surface area contributed by atoms with Crippen LogP contribution in [0.1, 0.15) is 35.3 Å². The summed E-state index contributed by atoms with van der Waals surface area (Å²) in [6.45, 7) is 6.76. The van der Waals surface area contributed by atoms with Crippen LogP contribution in [0.5, 0.6) is 0 Å².